The Balaban J connectivity index is 2.64. The maximum atomic E-state index is 11.8. The minimum atomic E-state index is -4.64. The number of non-ortho nitro benzene ring substituents is 1. The fourth-order valence-corrected chi connectivity index (χ4v) is 0.967. The van der Waals surface area contributed by atoms with Crippen molar-refractivity contribution in [1.29, 1.82) is 0 Å². The first-order chi connectivity index (χ1) is 7.78. The van der Waals surface area contributed by atoms with E-state index in [0.29, 0.717) is 0 Å². The fourth-order valence-electron chi connectivity index (χ4n) is 0.967. The number of nitrogens with zero attached hydrogens (tertiary/aromatic N) is 1. The van der Waals surface area contributed by atoms with Crippen molar-refractivity contribution in [3.8, 4) is 5.75 Å². The Bertz CT molecular complexity index is 427. The van der Waals surface area contributed by atoms with Crippen LogP contribution in [0.3, 0.4) is 0 Å². The van der Waals surface area contributed by atoms with E-state index in [2.05, 4.69) is 4.74 Å². The van der Waals surface area contributed by atoms with E-state index >= 15 is 0 Å². The van der Waals surface area contributed by atoms with Crippen molar-refractivity contribution in [3.05, 3.63) is 34.4 Å². The standard InChI is InChI=1S/C9H6F3NO4/c10-9(11,12)5-8(14)17-7-3-1-6(2-4-7)13(15)16/h1-4H,5H2. The third-order valence-corrected chi connectivity index (χ3v) is 1.62. The summed E-state index contributed by atoms with van der Waals surface area (Å²) in [5.41, 5.74) is -0.249. The molecule has 0 unspecified atom stereocenters. The van der Waals surface area contributed by atoms with E-state index in [-0.39, 0.29) is 11.4 Å². The maximum Gasteiger partial charge on any atom is 0.399 e. The zero-order valence-corrected chi connectivity index (χ0v) is 8.23. The highest BCUT2D eigenvalue weighted by Crippen LogP contribution is 2.22. The predicted molar refractivity (Wildman–Crippen MR) is 49.4 cm³/mol. The lowest BCUT2D eigenvalue weighted by Gasteiger charge is -2.06. The van der Waals surface area contributed by atoms with Gasteiger partial charge in [-0.3, -0.25) is 14.9 Å². The summed E-state index contributed by atoms with van der Waals surface area (Å²) in [6.45, 7) is 0. The van der Waals surface area contributed by atoms with Gasteiger partial charge in [0.15, 0.2) is 0 Å². The molecular formula is C9H6F3NO4. The molecule has 0 saturated carbocycles. The van der Waals surface area contributed by atoms with Gasteiger partial charge in [-0.1, -0.05) is 0 Å². The van der Waals surface area contributed by atoms with Crippen molar-refractivity contribution >= 4 is 11.7 Å². The van der Waals surface area contributed by atoms with Crippen LogP contribution in [0.2, 0.25) is 0 Å². The van der Waals surface area contributed by atoms with Gasteiger partial charge in [-0.25, -0.2) is 0 Å². The lowest BCUT2D eigenvalue weighted by atomic mass is 10.3. The van der Waals surface area contributed by atoms with Crippen molar-refractivity contribution < 1.29 is 27.6 Å². The maximum absolute atomic E-state index is 11.8. The Labute approximate surface area is 93.0 Å². The van der Waals surface area contributed by atoms with Crippen LogP contribution in [0, 0.1) is 10.1 Å². The second-order valence-corrected chi connectivity index (χ2v) is 3.02. The number of hydrogen-bond donors (Lipinski definition) is 0. The molecule has 0 aliphatic carbocycles. The van der Waals surface area contributed by atoms with Crippen LogP contribution < -0.4 is 4.74 Å². The number of carbonyl (C=O) groups excluding carboxylic acids is 1. The van der Waals surface area contributed by atoms with Gasteiger partial charge >= 0.3 is 12.1 Å². The van der Waals surface area contributed by atoms with Gasteiger partial charge in [-0.2, -0.15) is 13.2 Å². The van der Waals surface area contributed by atoms with E-state index < -0.39 is 23.5 Å². The highest BCUT2D eigenvalue weighted by atomic mass is 19.4. The van der Waals surface area contributed by atoms with Crippen LogP contribution in [0.5, 0.6) is 5.75 Å². The number of nitro groups is 1. The predicted octanol–water partition coefficient (Wildman–Crippen LogP) is 2.45. The van der Waals surface area contributed by atoms with Crippen molar-refractivity contribution in [2.45, 2.75) is 12.6 Å². The molecule has 0 aliphatic heterocycles. The third-order valence-electron chi connectivity index (χ3n) is 1.62. The second kappa shape index (κ2) is 4.81. The molecule has 0 aliphatic rings. The molecule has 8 heteroatoms. The summed E-state index contributed by atoms with van der Waals surface area (Å²) in [7, 11) is 0. The van der Waals surface area contributed by atoms with Crippen molar-refractivity contribution in [3.63, 3.8) is 0 Å². The topological polar surface area (TPSA) is 69.4 Å². The van der Waals surface area contributed by atoms with Gasteiger partial charge in [-0.15, -0.1) is 0 Å². The number of halogens is 3. The van der Waals surface area contributed by atoms with E-state index in [1.807, 2.05) is 0 Å². The highest BCUT2D eigenvalue weighted by molar-refractivity contribution is 5.73. The average molecular weight is 249 g/mol. The van der Waals surface area contributed by atoms with E-state index in [4.69, 9.17) is 0 Å². The molecule has 0 N–H and O–H groups in total. The molecule has 5 nitrogen and oxygen atoms in total. The number of carbonyl (C=O) groups is 1. The third kappa shape index (κ3) is 4.49. The van der Waals surface area contributed by atoms with Gasteiger partial charge < -0.3 is 4.74 Å². The second-order valence-electron chi connectivity index (χ2n) is 3.02. The molecule has 0 heterocycles. The van der Waals surface area contributed by atoms with Crippen LogP contribution in [0.1, 0.15) is 6.42 Å². The van der Waals surface area contributed by atoms with Gasteiger partial charge in [0.25, 0.3) is 5.69 Å². The normalized spacial score (nSPS) is 11.0. The molecule has 92 valence electrons. The van der Waals surface area contributed by atoms with Crippen LogP contribution in [0.25, 0.3) is 0 Å². The van der Waals surface area contributed by atoms with Crippen LogP contribution in [0.4, 0.5) is 18.9 Å². The molecule has 0 atom stereocenters. The Morgan fingerprint density at radius 3 is 2.24 bits per heavy atom. The SMILES string of the molecule is O=C(CC(F)(F)F)Oc1ccc([N+](=O)[O-])cc1. The Morgan fingerprint density at radius 1 is 1.29 bits per heavy atom. The molecule has 0 aromatic heterocycles. The number of benzene rings is 1. The lowest BCUT2D eigenvalue weighted by molar-refractivity contribution is -0.384. The van der Waals surface area contributed by atoms with Gasteiger partial charge in [0.05, 0.1) is 4.92 Å². The van der Waals surface area contributed by atoms with Gasteiger partial charge in [-0.05, 0) is 12.1 Å². The number of nitro benzene ring substituents is 1. The Kier molecular flexibility index (Phi) is 3.66. The first-order valence-corrected chi connectivity index (χ1v) is 4.30. The Morgan fingerprint density at radius 2 is 1.82 bits per heavy atom. The number of alkyl halides is 3. The minimum absolute atomic E-state index is 0.176. The van der Waals surface area contributed by atoms with E-state index in [9.17, 15) is 28.1 Å². The van der Waals surface area contributed by atoms with Crippen molar-refractivity contribution in [2.75, 3.05) is 0 Å². The summed E-state index contributed by atoms with van der Waals surface area (Å²) in [5.74, 6) is -1.64. The lowest BCUT2D eigenvalue weighted by Crippen LogP contribution is -2.19. The first kappa shape index (κ1) is 12.9. The minimum Gasteiger partial charge on any atom is -0.426 e. The largest absolute Gasteiger partial charge is 0.426 e. The van der Waals surface area contributed by atoms with E-state index in [1.54, 1.807) is 0 Å². The molecule has 0 spiro atoms. The fraction of sp³-hybridized carbons (Fsp3) is 0.222. The molecule has 1 rings (SSSR count). The molecule has 0 bridgehead atoms. The molecule has 1 aromatic carbocycles. The smallest absolute Gasteiger partial charge is 0.399 e. The van der Waals surface area contributed by atoms with Crippen LogP contribution in [-0.2, 0) is 4.79 Å². The molecule has 0 amide bonds. The summed E-state index contributed by atoms with van der Waals surface area (Å²) in [4.78, 5) is 20.4. The van der Waals surface area contributed by atoms with Crippen LogP contribution >= 0.6 is 0 Å². The summed E-state index contributed by atoms with van der Waals surface area (Å²) in [5, 5.41) is 10.3. The van der Waals surface area contributed by atoms with E-state index in [1.165, 1.54) is 0 Å². The Hall–Kier alpha value is -2.12. The summed E-state index contributed by atoms with van der Waals surface area (Å²) in [6.07, 6.45) is -6.35. The molecular weight excluding hydrogens is 243 g/mol. The summed E-state index contributed by atoms with van der Waals surface area (Å²) >= 11 is 0. The molecule has 17 heavy (non-hydrogen) atoms. The zero-order valence-electron chi connectivity index (χ0n) is 8.23. The number of esters is 1. The molecule has 0 radical (unpaired) electrons. The first-order valence-electron chi connectivity index (χ1n) is 4.30. The van der Waals surface area contributed by atoms with Crippen molar-refractivity contribution in [1.82, 2.24) is 0 Å². The number of hydrogen-bond acceptors (Lipinski definition) is 4. The average Bonchev–Trinajstić information content (AvgIpc) is 2.15. The molecule has 0 fully saturated rings. The number of rotatable bonds is 3. The molecule has 1 aromatic rings. The zero-order chi connectivity index (χ0) is 13.1. The van der Waals surface area contributed by atoms with Gasteiger partial charge in [0.1, 0.15) is 12.2 Å². The summed E-state index contributed by atoms with van der Waals surface area (Å²) in [6, 6.07) is 4.14. The van der Waals surface area contributed by atoms with Gasteiger partial charge in [0, 0.05) is 12.1 Å². The van der Waals surface area contributed by atoms with E-state index in [0.717, 1.165) is 24.3 Å². The van der Waals surface area contributed by atoms with Crippen LogP contribution in [0.15, 0.2) is 24.3 Å². The van der Waals surface area contributed by atoms with Gasteiger partial charge in [0.2, 0.25) is 0 Å². The quantitative estimate of drug-likeness (QED) is 0.357. The molecule has 0 saturated heterocycles. The number of ether oxygens (including phenoxy) is 1. The summed E-state index contributed by atoms with van der Waals surface area (Å²) < 4.78 is 39.7. The monoisotopic (exact) mass is 249 g/mol. The van der Waals surface area contributed by atoms with Crippen LogP contribution in [-0.4, -0.2) is 17.1 Å². The van der Waals surface area contributed by atoms with Crippen molar-refractivity contribution in [2.24, 2.45) is 0 Å². The highest BCUT2D eigenvalue weighted by Gasteiger charge is 2.32.